The summed E-state index contributed by atoms with van der Waals surface area (Å²) in [5.41, 5.74) is 6.80. The van der Waals surface area contributed by atoms with Gasteiger partial charge in [-0.15, -0.1) is 0 Å². The van der Waals surface area contributed by atoms with Crippen LogP contribution in [-0.2, 0) is 4.74 Å². The number of rotatable bonds is 3. The SMILES string of the molecule is NC1CCN(c2cc(F)ccc2OC2CCOCC2)CC1. The molecule has 2 aliphatic heterocycles. The summed E-state index contributed by atoms with van der Waals surface area (Å²) < 4.78 is 25.1. The number of nitrogens with two attached hydrogens (primary N) is 1. The molecule has 0 aromatic heterocycles. The molecule has 2 N–H and O–H groups in total. The van der Waals surface area contributed by atoms with E-state index in [2.05, 4.69) is 4.90 Å². The summed E-state index contributed by atoms with van der Waals surface area (Å²) in [6.07, 6.45) is 3.82. The minimum absolute atomic E-state index is 0.162. The topological polar surface area (TPSA) is 47.7 Å². The maximum atomic E-state index is 13.6. The highest BCUT2D eigenvalue weighted by Gasteiger charge is 2.22. The summed E-state index contributed by atoms with van der Waals surface area (Å²) in [6, 6.07) is 5.04. The molecule has 2 aliphatic rings. The van der Waals surface area contributed by atoms with Gasteiger partial charge in [0.15, 0.2) is 0 Å². The normalized spacial score (nSPS) is 21.5. The largest absolute Gasteiger partial charge is 0.488 e. The van der Waals surface area contributed by atoms with E-state index in [-0.39, 0.29) is 18.0 Å². The number of anilines is 1. The minimum Gasteiger partial charge on any atom is -0.488 e. The monoisotopic (exact) mass is 294 g/mol. The lowest BCUT2D eigenvalue weighted by Gasteiger charge is -2.34. The van der Waals surface area contributed by atoms with Gasteiger partial charge in [0, 0.05) is 38.0 Å². The number of nitrogens with zero attached hydrogens (tertiary/aromatic N) is 1. The van der Waals surface area contributed by atoms with Crippen LogP contribution in [0.15, 0.2) is 18.2 Å². The van der Waals surface area contributed by atoms with Crippen molar-refractivity contribution < 1.29 is 13.9 Å². The number of piperidine rings is 1. The van der Waals surface area contributed by atoms with Crippen molar-refractivity contribution in [2.24, 2.45) is 5.73 Å². The molecule has 0 atom stereocenters. The van der Waals surface area contributed by atoms with Gasteiger partial charge < -0.3 is 20.1 Å². The van der Waals surface area contributed by atoms with Crippen molar-refractivity contribution in [2.75, 3.05) is 31.2 Å². The number of hydrogen-bond acceptors (Lipinski definition) is 4. The van der Waals surface area contributed by atoms with Gasteiger partial charge in [-0.25, -0.2) is 4.39 Å². The van der Waals surface area contributed by atoms with Crippen LogP contribution in [0.3, 0.4) is 0 Å². The molecule has 0 unspecified atom stereocenters. The van der Waals surface area contributed by atoms with Crippen LogP contribution in [0, 0.1) is 5.82 Å². The van der Waals surface area contributed by atoms with Crippen molar-refractivity contribution >= 4 is 5.69 Å². The maximum absolute atomic E-state index is 13.6. The van der Waals surface area contributed by atoms with E-state index >= 15 is 0 Å². The Morgan fingerprint density at radius 2 is 1.86 bits per heavy atom. The van der Waals surface area contributed by atoms with E-state index in [0.717, 1.165) is 63.4 Å². The predicted octanol–water partition coefficient (Wildman–Crippen LogP) is 2.31. The van der Waals surface area contributed by atoms with E-state index in [1.807, 2.05) is 0 Å². The van der Waals surface area contributed by atoms with E-state index in [9.17, 15) is 4.39 Å². The molecule has 2 heterocycles. The molecule has 1 aromatic rings. The van der Waals surface area contributed by atoms with Gasteiger partial charge in [-0.05, 0) is 25.0 Å². The van der Waals surface area contributed by atoms with Crippen LogP contribution in [0.4, 0.5) is 10.1 Å². The minimum atomic E-state index is -0.223. The number of benzene rings is 1. The summed E-state index contributed by atoms with van der Waals surface area (Å²) in [5.74, 6) is 0.554. The van der Waals surface area contributed by atoms with Crippen LogP contribution in [0.2, 0.25) is 0 Å². The average molecular weight is 294 g/mol. The lowest BCUT2D eigenvalue weighted by atomic mass is 10.1. The molecule has 2 fully saturated rings. The molecular formula is C16H23FN2O2. The highest BCUT2D eigenvalue weighted by atomic mass is 19.1. The molecule has 0 saturated carbocycles. The van der Waals surface area contributed by atoms with Crippen molar-refractivity contribution in [3.8, 4) is 5.75 Å². The third kappa shape index (κ3) is 3.66. The lowest BCUT2D eigenvalue weighted by molar-refractivity contribution is 0.0257. The molecule has 0 bridgehead atoms. The van der Waals surface area contributed by atoms with Crippen molar-refractivity contribution in [3.63, 3.8) is 0 Å². The molecule has 0 amide bonds. The van der Waals surface area contributed by atoms with Crippen molar-refractivity contribution in [1.82, 2.24) is 0 Å². The van der Waals surface area contributed by atoms with Crippen molar-refractivity contribution in [1.29, 1.82) is 0 Å². The molecule has 1 aromatic carbocycles. The van der Waals surface area contributed by atoms with Crippen molar-refractivity contribution in [3.05, 3.63) is 24.0 Å². The summed E-state index contributed by atoms with van der Waals surface area (Å²) in [4.78, 5) is 2.18. The molecule has 0 aliphatic carbocycles. The zero-order chi connectivity index (χ0) is 14.7. The van der Waals surface area contributed by atoms with Crippen LogP contribution in [-0.4, -0.2) is 38.4 Å². The molecule has 3 rings (SSSR count). The van der Waals surface area contributed by atoms with Gasteiger partial charge in [-0.2, -0.15) is 0 Å². The van der Waals surface area contributed by atoms with E-state index in [1.165, 1.54) is 6.07 Å². The fraction of sp³-hybridized carbons (Fsp3) is 0.625. The zero-order valence-electron chi connectivity index (χ0n) is 12.3. The predicted molar refractivity (Wildman–Crippen MR) is 80.3 cm³/mol. The summed E-state index contributed by atoms with van der Waals surface area (Å²) in [6.45, 7) is 3.18. The molecule has 2 saturated heterocycles. The van der Waals surface area contributed by atoms with E-state index in [4.69, 9.17) is 15.2 Å². The Morgan fingerprint density at radius 3 is 2.57 bits per heavy atom. The Morgan fingerprint density at radius 1 is 1.14 bits per heavy atom. The summed E-state index contributed by atoms with van der Waals surface area (Å²) in [7, 11) is 0. The van der Waals surface area contributed by atoms with E-state index < -0.39 is 0 Å². The number of hydrogen-bond donors (Lipinski definition) is 1. The Bertz CT molecular complexity index is 469. The van der Waals surface area contributed by atoms with Gasteiger partial charge in [0.25, 0.3) is 0 Å². The molecule has 0 radical (unpaired) electrons. The lowest BCUT2D eigenvalue weighted by Crippen LogP contribution is -2.40. The van der Waals surface area contributed by atoms with Gasteiger partial charge in [-0.1, -0.05) is 0 Å². The Hall–Kier alpha value is -1.33. The van der Waals surface area contributed by atoms with Gasteiger partial charge in [-0.3, -0.25) is 0 Å². The third-order valence-corrected chi connectivity index (χ3v) is 4.26. The first kappa shape index (κ1) is 14.6. The first-order valence-corrected chi connectivity index (χ1v) is 7.77. The number of halogens is 1. The quantitative estimate of drug-likeness (QED) is 0.929. The third-order valence-electron chi connectivity index (χ3n) is 4.26. The fourth-order valence-corrected chi connectivity index (χ4v) is 2.95. The van der Waals surface area contributed by atoms with Gasteiger partial charge in [0.1, 0.15) is 17.7 Å². The van der Waals surface area contributed by atoms with Crippen LogP contribution in [0.5, 0.6) is 5.75 Å². The highest BCUT2D eigenvalue weighted by molar-refractivity contribution is 5.59. The molecule has 5 heteroatoms. The fourth-order valence-electron chi connectivity index (χ4n) is 2.95. The zero-order valence-corrected chi connectivity index (χ0v) is 12.3. The average Bonchev–Trinajstić information content (AvgIpc) is 2.51. The molecule has 4 nitrogen and oxygen atoms in total. The molecule has 0 spiro atoms. The van der Waals surface area contributed by atoms with Gasteiger partial charge >= 0.3 is 0 Å². The first-order valence-electron chi connectivity index (χ1n) is 7.77. The Kier molecular flexibility index (Phi) is 4.60. The van der Waals surface area contributed by atoms with E-state index in [1.54, 1.807) is 12.1 Å². The second kappa shape index (κ2) is 6.62. The highest BCUT2D eigenvalue weighted by Crippen LogP contribution is 2.33. The summed E-state index contributed by atoms with van der Waals surface area (Å²) in [5, 5.41) is 0. The van der Waals surface area contributed by atoms with Gasteiger partial charge in [0.2, 0.25) is 0 Å². The molecular weight excluding hydrogens is 271 g/mol. The van der Waals surface area contributed by atoms with Crippen LogP contribution in [0.25, 0.3) is 0 Å². The smallest absolute Gasteiger partial charge is 0.143 e. The summed E-state index contributed by atoms with van der Waals surface area (Å²) >= 11 is 0. The molecule has 21 heavy (non-hydrogen) atoms. The van der Waals surface area contributed by atoms with Crippen LogP contribution >= 0.6 is 0 Å². The number of ether oxygens (including phenoxy) is 2. The first-order chi connectivity index (χ1) is 10.2. The Balaban J connectivity index is 1.76. The second-order valence-corrected chi connectivity index (χ2v) is 5.87. The van der Waals surface area contributed by atoms with E-state index in [0.29, 0.717) is 0 Å². The second-order valence-electron chi connectivity index (χ2n) is 5.87. The van der Waals surface area contributed by atoms with Crippen LogP contribution < -0.4 is 15.4 Å². The standard InChI is InChI=1S/C16H23FN2O2/c17-12-1-2-16(21-14-5-9-20-10-6-14)15(11-12)19-7-3-13(18)4-8-19/h1-2,11,13-14H,3-10,18H2. The maximum Gasteiger partial charge on any atom is 0.143 e. The van der Waals surface area contributed by atoms with Crippen molar-refractivity contribution in [2.45, 2.75) is 37.8 Å². The molecule has 116 valence electrons. The van der Waals surface area contributed by atoms with Crippen LogP contribution in [0.1, 0.15) is 25.7 Å². The Labute approximate surface area is 125 Å². The van der Waals surface area contributed by atoms with Gasteiger partial charge in [0.05, 0.1) is 18.9 Å².